The lowest BCUT2D eigenvalue weighted by Gasteiger charge is -2.33. The molecule has 11 nitrogen and oxygen atoms in total. The molecular formula is C34H40F6N4O7. The standard InChI is InChI=1S/C34H40F6N4O7/c1-20-14-10-9-13-17-32(34(38,39)40,47-19-21-15-11-8-12-16-21)27-43-42-26(49-27)24-23(18-22(33(35,36)37)25(41-24)48-20)44(28(45)50-30(2,3)4)29(46)51-31(5,6)7/h8,11-12,15-16,18,20H,9-10,13-14,17,19H2,1-7H3/t20-,32-/m1/s1. The quantitative estimate of drug-likeness (QED) is 0.240. The van der Waals surface area contributed by atoms with Crippen LogP contribution in [0, 0.1) is 0 Å². The molecule has 1 aliphatic heterocycles. The van der Waals surface area contributed by atoms with E-state index in [2.05, 4.69) is 15.2 Å². The molecule has 2 amide bonds. The fourth-order valence-corrected chi connectivity index (χ4v) is 5.07. The summed E-state index contributed by atoms with van der Waals surface area (Å²) in [6.45, 7) is 9.61. The van der Waals surface area contributed by atoms with Gasteiger partial charge in [0.05, 0.1) is 18.4 Å². The number of carbonyl (C=O) groups excluding carboxylic acids is 2. The summed E-state index contributed by atoms with van der Waals surface area (Å²) in [5.74, 6) is -2.94. The zero-order valence-corrected chi connectivity index (χ0v) is 29.2. The number of ether oxygens (including phenoxy) is 4. The molecular weight excluding hydrogens is 690 g/mol. The summed E-state index contributed by atoms with van der Waals surface area (Å²) in [6, 6.07) is 8.43. The molecule has 0 spiro atoms. The number of nitrogens with zero attached hydrogens (tertiary/aromatic N) is 4. The smallest absolute Gasteiger partial charge is 0.426 e. The lowest BCUT2D eigenvalue weighted by molar-refractivity contribution is -0.300. The summed E-state index contributed by atoms with van der Waals surface area (Å²) in [5, 5.41) is 7.41. The van der Waals surface area contributed by atoms with E-state index in [1.54, 1.807) is 30.3 Å². The minimum absolute atomic E-state index is 0.0492. The number of benzene rings is 1. The van der Waals surface area contributed by atoms with Gasteiger partial charge >= 0.3 is 24.5 Å². The average molecular weight is 731 g/mol. The number of hydrogen-bond acceptors (Lipinski definition) is 10. The van der Waals surface area contributed by atoms with E-state index >= 15 is 13.2 Å². The first kappa shape index (κ1) is 39.4. The third-order valence-electron chi connectivity index (χ3n) is 7.38. The van der Waals surface area contributed by atoms with Crippen LogP contribution >= 0.6 is 0 Å². The van der Waals surface area contributed by atoms with Crippen molar-refractivity contribution in [3.8, 4) is 17.5 Å². The van der Waals surface area contributed by atoms with Crippen molar-refractivity contribution in [2.75, 3.05) is 4.90 Å². The normalized spacial score (nSPS) is 19.0. The van der Waals surface area contributed by atoms with Crippen LogP contribution < -0.4 is 9.64 Å². The molecule has 51 heavy (non-hydrogen) atoms. The van der Waals surface area contributed by atoms with Crippen LogP contribution in [0.25, 0.3) is 11.6 Å². The van der Waals surface area contributed by atoms with Crippen molar-refractivity contribution >= 4 is 17.9 Å². The minimum atomic E-state index is -5.16. The van der Waals surface area contributed by atoms with E-state index in [-0.39, 0.29) is 30.6 Å². The Balaban J connectivity index is 2.03. The molecule has 3 heterocycles. The zero-order valence-electron chi connectivity index (χ0n) is 29.2. The first-order chi connectivity index (χ1) is 23.5. The Morgan fingerprint density at radius 3 is 2.06 bits per heavy atom. The molecule has 0 aliphatic carbocycles. The summed E-state index contributed by atoms with van der Waals surface area (Å²) < 4.78 is 117. The summed E-state index contributed by atoms with van der Waals surface area (Å²) in [4.78, 5) is 31.3. The maximum Gasteiger partial charge on any atom is 0.426 e. The molecule has 1 aromatic carbocycles. The fourth-order valence-electron chi connectivity index (χ4n) is 5.07. The number of alkyl halides is 6. The van der Waals surface area contributed by atoms with Gasteiger partial charge in [-0.15, -0.1) is 10.2 Å². The second kappa shape index (κ2) is 14.7. The Hall–Kier alpha value is -4.41. The lowest BCUT2D eigenvalue weighted by Crippen LogP contribution is -2.45. The maximum atomic E-state index is 15.2. The number of imide groups is 1. The topological polar surface area (TPSA) is 126 Å². The van der Waals surface area contributed by atoms with Crippen molar-refractivity contribution < 1.29 is 59.3 Å². The van der Waals surface area contributed by atoms with E-state index in [9.17, 15) is 22.8 Å². The van der Waals surface area contributed by atoms with Gasteiger partial charge in [-0.05, 0) is 85.8 Å². The number of carbonyl (C=O) groups is 2. The van der Waals surface area contributed by atoms with Gasteiger partial charge in [0.1, 0.15) is 16.8 Å². The number of fused-ring (bicyclic) bond motifs is 5. The SMILES string of the molecule is C[C@@H]1CCCCC[C@](OCc2ccccc2)(C(F)(F)F)c2nnc(o2)-c2nc(c(C(F)(F)F)cc2N(C(=O)OC(C)(C)C)C(=O)OC(C)(C)C)O1. The van der Waals surface area contributed by atoms with Crippen molar-refractivity contribution in [3.63, 3.8) is 0 Å². The average Bonchev–Trinajstić information content (AvgIpc) is 3.46. The van der Waals surface area contributed by atoms with Gasteiger partial charge < -0.3 is 23.4 Å². The van der Waals surface area contributed by atoms with Crippen LogP contribution in [0.3, 0.4) is 0 Å². The Bertz CT molecular complexity index is 1660. The van der Waals surface area contributed by atoms with E-state index in [1.165, 1.54) is 48.5 Å². The fraction of sp³-hybridized carbons (Fsp3) is 0.559. The van der Waals surface area contributed by atoms with Gasteiger partial charge in [0, 0.05) is 0 Å². The van der Waals surface area contributed by atoms with E-state index in [0.29, 0.717) is 11.6 Å². The number of amides is 2. The highest BCUT2D eigenvalue weighted by molar-refractivity contribution is 6.11. The van der Waals surface area contributed by atoms with Gasteiger partial charge in [-0.25, -0.2) is 14.6 Å². The van der Waals surface area contributed by atoms with Crippen molar-refractivity contribution in [3.05, 3.63) is 53.4 Å². The lowest BCUT2D eigenvalue weighted by atomic mass is 9.94. The van der Waals surface area contributed by atoms with Crippen LogP contribution in [0.15, 0.2) is 40.8 Å². The number of pyridine rings is 1. The van der Waals surface area contributed by atoms with Crippen molar-refractivity contribution in [2.45, 2.75) is 122 Å². The number of hydrogen-bond donors (Lipinski definition) is 0. The zero-order chi connectivity index (χ0) is 38.0. The Morgan fingerprint density at radius 2 is 1.51 bits per heavy atom. The summed E-state index contributed by atoms with van der Waals surface area (Å²) >= 11 is 0. The highest BCUT2D eigenvalue weighted by Gasteiger charge is 2.61. The van der Waals surface area contributed by atoms with Gasteiger partial charge in [-0.1, -0.05) is 36.8 Å². The largest absolute Gasteiger partial charge is 0.474 e. The molecule has 0 unspecified atom stereocenters. The first-order valence-electron chi connectivity index (χ1n) is 16.1. The van der Waals surface area contributed by atoms with Gasteiger partial charge in [0.15, 0.2) is 5.69 Å². The van der Waals surface area contributed by atoms with Crippen LogP contribution in [0.5, 0.6) is 5.88 Å². The predicted molar refractivity (Wildman–Crippen MR) is 170 cm³/mol. The summed E-state index contributed by atoms with van der Waals surface area (Å²) in [6.07, 6.45) is -14.2. The molecule has 0 N–H and O–H groups in total. The van der Waals surface area contributed by atoms with Gasteiger partial charge in [-0.2, -0.15) is 31.2 Å². The van der Waals surface area contributed by atoms with E-state index in [4.69, 9.17) is 23.4 Å². The summed E-state index contributed by atoms with van der Waals surface area (Å²) in [7, 11) is 0. The van der Waals surface area contributed by atoms with Gasteiger partial charge in [0.25, 0.3) is 11.8 Å². The van der Waals surface area contributed by atoms with Crippen molar-refractivity contribution in [2.24, 2.45) is 0 Å². The molecule has 0 fully saturated rings. The van der Waals surface area contributed by atoms with Crippen LogP contribution in [-0.2, 0) is 32.6 Å². The monoisotopic (exact) mass is 730 g/mol. The predicted octanol–water partition coefficient (Wildman–Crippen LogP) is 9.53. The number of rotatable bonds is 4. The van der Waals surface area contributed by atoms with E-state index < -0.39 is 95.1 Å². The third-order valence-corrected chi connectivity index (χ3v) is 7.38. The molecule has 1 aliphatic rings. The first-order valence-corrected chi connectivity index (χ1v) is 16.1. The number of anilines is 1. The highest BCUT2D eigenvalue weighted by atomic mass is 19.4. The maximum absolute atomic E-state index is 15.2. The van der Waals surface area contributed by atoms with Gasteiger partial charge in [-0.3, -0.25) is 0 Å². The van der Waals surface area contributed by atoms with Crippen molar-refractivity contribution in [1.29, 1.82) is 0 Å². The molecule has 280 valence electrons. The molecule has 0 radical (unpaired) electrons. The Kier molecular flexibility index (Phi) is 11.3. The molecule has 3 aromatic rings. The molecule has 0 saturated heterocycles. The number of halogens is 6. The second-order valence-electron chi connectivity index (χ2n) is 14.0. The molecule has 0 saturated carbocycles. The highest BCUT2D eigenvalue weighted by Crippen LogP contribution is 2.48. The van der Waals surface area contributed by atoms with E-state index in [0.717, 1.165) is 0 Å². The minimum Gasteiger partial charge on any atom is -0.474 e. The van der Waals surface area contributed by atoms with Crippen molar-refractivity contribution in [1.82, 2.24) is 15.2 Å². The van der Waals surface area contributed by atoms with Crippen LogP contribution in [0.2, 0.25) is 0 Å². The summed E-state index contributed by atoms with van der Waals surface area (Å²) in [5.41, 5.74) is -8.53. The van der Waals surface area contributed by atoms with E-state index in [1.807, 2.05) is 0 Å². The van der Waals surface area contributed by atoms with Crippen LogP contribution in [0.4, 0.5) is 41.6 Å². The Labute approximate surface area is 290 Å². The van der Waals surface area contributed by atoms with Crippen LogP contribution in [0.1, 0.15) is 97.6 Å². The van der Waals surface area contributed by atoms with Gasteiger partial charge in [0.2, 0.25) is 11.5 Å². The molecule has 2 atom stereocenters. The molecule has 17 heteroatoms. The van der Waals surface area contributed by atoms with Crippen LogP contribution in [-0.4, -0.2) is 50.9 Å². The second-order valence-corrected chi connectivity index (χ2v) is 14.0. The molecule has 4 bridgehead atoms. The third kappa shape index (κ3) is 9.68. The number of aromatic nitrogens is 3. The Morgan fingerprint density at radius 1 is 0.902 bits per heavy atom. The molecule has 2 aromatic heterocycles. The molecule has 4 rings (SSSR count).